The molecule has 0 unspecified atom stereocenters. The molecule has 0 saturated carbocycles. The highest BCUT2D eigenvalue weighted by Gasteiger charge is 2.20. The van der Waals surface area contributed by atoms with Gasteiger partial charge >= 0.3 is 0 Å². The summed E-state index contributed by atoms with van der Waals surface area (Å²) in [5, 5.41) is 3.09. The van der Waals surface area contributed by atoms with Crippen LogP contribution in [0.3, 0.4) is 0 Å². The van der Waals surface area contributed by atoms with E-state index in [1.165, 1.54) is 0 Å². The average Bonchev–Trinajstić information content (AvgIpc) is 2.97. The summed E-state index contributed by atoms with van der Waals surface area (Å²) in [6.07, 6.45) is 2.58. The van der Waals surface area contributed by atoms with Crippen LogP contribution >= 0.6 is 0 Å². The van der Waals surface area contributed by atoms with Crippen LogP contribution in [0.15, 0.2) is 48.8 Å². The molecule has 0 fully saturated rings. The van der Waals surface area contributed by atoms with Crippen LogP contribution in [-0.2, 0) is 4.79 Å². The van der Waals surface area contributed by atoms with E-state index in [9.17, 15) is 4.79 Å². The number of benzene rings is 2. The van der Waals surface area contributed by atoms with Gasteiger partial charge in [0.1, 0.15) is 6.04 Å². The third-order valence-electron chi connectivity index (χ3n) is 4.91. The molecule has 0 aliphatic carbocycles. The molecule has 3 aromatic rings. The maximum Gasteiger partial charge on any atom is 0.243 e. The lowest BCUT2D eigenvalue weighted by molar-refractivity contribution is -0.124. The highest BCUT2D eigenvalue weighted by molar-refractivity contribution is 5.83. The Balaban J connectivity index is 1.50. The van der Waals surface area contributed by atoms with Crippen LogP contribution in [0, 0.1) is 0 Å². The minimum Gasteiger partial charge on any atom is -0.490 e. The number of carbonyl (C=O) groups excluding carboxylic acids is 1. The first-order valence-corrected chi connectivity index (χ1v) is 9.25. The normalized spacial score (nSPS) is 15.8. The minimum absolute atomic E-state index is 0.0576. The van der Waals surface area contributed by atoms with Gasteiger partial charge in [-0.25, -0.2) is 4.98 Å². The van der Waals surface area contributed by atoms with Gasteiger partial charge in [0.05, 0.1) is 36.6 Å². The van der Waals surface area contributed by atoms with Gasteiger partial charge in [0.25, 0.3) is 0 Å². The van der Waals surface area contributed by atoms with Gasteiger partial charge in [-0.2, -0.15) is 0 Å². The fourth-order valence-corrected chi connectivity index (χ4v) is 3.28. The molecule has 140 valence electrons. The molecular weight excluding hydrogens is 342 g/mol. The molecule has 0 saturated heterocycles. The van der Waals surface area contributed by atoms with Gasteiger partial charge in [-0.05, 0) is 43.7 Å². The predicted octanol–water partition coefficient (Wildman–Crippen LogP) is 3.64. The molecule has 6 heteroatoms. The Morgan fingerprint density at radius 3 is 2.74 bits per heavy atom. The molecule has 0 bridgehead atoms. The van der Waals surface area contributed by atoms with Crippen molar-refractivity contribution in [2.45, 2.75) is 32.4 Å². The van der Waals surface area contributed by atoms with Crippen LogP contribution in [0.1, 0.15) is 37.9 Å². The van der Waals surface area contributed by atoms with E-state index in [1.807, 2.05) is 60.9 Å². The maximum atomic E-state index is 12.8. The third kappa shape index (κ3) is 3.47. The summed E-state index contributed by atoms with van der Waals surface area (Å²) in [5.41, 5.74) is 2.81. The lowest BCUT2D eigenvalue weighted by Gasteiger charge is -2.20. The van der Waals surface area contributed by atoms with Crippen LogP contribution in [0.5, 0.6) is 11.5 Å². The first kappa shape index (κ1) is 17.4. The average molecular weight is 365 g/mol. The Labute approximate surface area is 158 Å². The summed E-state index contributed by atoms with van der Waals surface area (Å²) in [6, 6.07) is 13.1. The highest BCUT2D eigenvalue weighted by Crippen LogP contribution is 2.32. The van der Waals surface area contributed by atoms with Crippen molar-refractivity contribution in [1.82, 2.24) is 14.9 Å². The molecule has 4 rings (SSSR count). The van der Waals surface area contributed by atoms with E-state index >= 15 is 0 Å². The van der Waals surface area contributed by atoms with Crippen LogP contribution < -0.4 is 14.8 Å². The maximum absolute atomic E-state index is 12.8. The highest BCUT2D eigenvalue weighted by atomic mass is 16.5. The number of aromatic nitrogens is 2. The number of imidazole rings is 1. The monoisotopic (exact) mass is 365 g/mol. The Kier molecular flexibility index (Phi) is 4.71. The predicted molar refractivity (Wildman–Crippen MR) is 103 cm³/mol. The molecule has 0 radical (unpaired) electrons. The molecular formula is C21H23N3O3. The van der Waals surface area contributed by atoms with Crippen LogP contribution in [0.4, 0.5) is 0 Å². The van der Waals surface area contributed by atoms with E-state index in [2.05, 4.69) is 10.3 Å². The fourth-order valence-electron chi connectivity index (χ4n) is 3.28. The second-order valence-electron chi connectivity index (χ2n) is 6.80. The van der Waals surface area contributed by atoms with Crippen molar-refractivity contribution in [3.63, 3.8) is 0 Å². The van der Waals surface area contributed by atoms with Gasteiger partial charge in [0.2, 0.25) is 5.91 Å². The van der Waals surface area contributed by atoms with E-state index < -0.39 is 0 Å². The van der Waals surface area contributed by atoms with E-state index in [1.54, 1.807) is 6.33 Å². The summed E-state index contributed by atoms with van der Waals surface area (Å²) in [6.45, 7) is 5.15. The second-order valence-corrected chi connectivity index (χ2v) is 6.80. The molecule has 27 heavy (non-hydrogen) atoms. The number of hydrogen-bond donors (Lipinski definition) is 1. The number of rotatable bonds is 4. The molecule has 2 heterocycles. The van der Waals surface area contributed by atoms with Crippen LogP contribution in [0.25, 0.3) is 11.0 Å². The second kappa shape index (κ2) is 7.31. The third-order valence-corrected chi connectivity index (χ3v) is 4.91. The molecule has 1 aliphatic rings. The smallest absolute Gasteiger partial charge is 0.243 e. The number of hydrogen-bond acceptors (Lipinski definition) is 4. The van der Waals surface area contributed by atoms with Crippen molar-refractivity contribution in [1.29, 1.82) is 0 Å². The SMILES string of the molecule is C[C@H](C(=O)N[C@H](C)c1ccc2c(c1)OCCCO2)n1cnc2ccccc21. The zero-order chi connectivity index (χ0) is 18.8. The molecule has 2 aromatic carbocycles. The van der Waals surface area contributed by atoms with Crippen molar-refractivity contribution < 1.29 is 14.3 Å². The Morgan fingerprint density at radius 1 is 1.11 bits per heavy atom. The Hall–Kier alpha value is -3.02. The number of ether oxygens (including phenoxy) is 2. The van der Waals surface area contributed by atoms with Crippen molar-refractivity contribution in [2.75, 3.05) is 13.2 Å². The van der Waals surface area contributed by atoms with Gasteiger partial charge in [-0.15, -0.1) is 0 Å². The van der Waals surface area contributed by atoms with E-state index in [4.69, 9.17) is 9.47 Å². The summed E-state index contributed by atoms with van der Waals surface area (Å²) in [4.78, 5) is 17.2. The molecule has 6 nitrogen and oxygen atoms in total. The van der Waals surface area contributed by atoms with E-state index in [-0.39, 0.29) is 18.0 Å². The quantitative estimate of drug-likeness (QED) is 0.767. The number of carbonyl (C=O) groups is 1. The molecule has 0 spiro atoms. The number of nitrogens with zero attached hydrogens (tertiary/aromatic N) is 2. The number of nitrogens with one attached hydrogen (secondary N) is 1. The first-order valence-electron chi connectivity index (χ1n) is 9.25. The van der Waals surface area contributed by atoms with E-state index in [0.29, 0.717) is 13.2 Å². The van der Waals surface area contributed by atoms with Gasteiger partial charge < -0.3 is 19.4 Å². The zero-order valence-electron chi connectivity index (χ0n) is 15.5. The lowest BCUT2D eigenvalue weighted by Crippen LogP contribution is -2.32. The standard InChI is InChI=1S/C21H23N3O3/c1-14(16-8-9-19-20(12-16)27-11-5-10-26-19)23-21(25)15(2)24-13-22-17-6-3-4-7-18(17)24/h3-4,6-9,12-15H,5,10-11H2,1-2H3,(H,23,25)/t14-,15-/m1/s1. The van der Waals surface area contributed by atoms with Crippen molar-refractivity contribution in [3.05, 3.63) is 54.4 Å². The largest absolute Gasteiger partial charge is 0.490 e. The summed E-state index contributed by atoms with van der Waals surface area (Å²) >= 11 is 0. The topological polar surface area (TPSA) is 65.4 Å². The number of para-hydroxylation sites is 2. The molecule has 2 atom stereocenters. The lowest BCUT2D eigenvalue weighted by atomic mass is 10.1. The van der Waals surface area contributed by atoms with Gasteiger partial charge in [0, 0.05) is 6.42 Å². The summed E-state index contributed by atoms with van der Waals surface area (Å²) in [5.74, 6) is 1.44. The number of amides is 1. The molecule has 1 N–H and O–H groups in total. The molecule has 1 amide bonds. The van der Waals surface area contributed by atoms with E-state index in [0.717, 1.165) is 34.5 Å². The Morgan fingerprint density at radius 2 is 1.89 bits per heavy atom. The van der Waals surface area contributed by atoms with Gasteiger partial charge in [-0.1, -0.05) is 18.2 Å². The van der Waals surface area contributed by atoms with Crippen molar-refractivity contribution in [3.8, 4) is 11.5 Å². The van der Waals surface area contributed by atoms with Gasteiger partial charge in [0.15, 0.2) is 11.5 Å². The first-order chi connectivity index (χ1) is 13.1. The van der Waals surface area contributed by atoms with Crippen LogP contribution in [0.2, 0.25) is 0 Å². The van der Waals surface area contributed by atoms with Crippen LogP contribution in [-0.4, -0.2) is 28.7 Å². The van der Waals surface area contributed by atoms with Crippen molar-refractivity contribution >= 4 is 16.9 Å². The number of fused-ring (bicyclic) bond motifs is 2. The fraction of sp³-hybridized carbons (Fsp3) is 0.333. The minimum atomic E-state index is -0.361. The molecule has 1 aromatic heterocycles. The van der Waals surface area contributed by atoms with Gasteiger partial charge in [-0.3, -0.25) is 4.79 Å². The summed E-state index contributed by atoms with van der Waals surface area (Å²) < 4.78 is 13.3. The summed E-state index contributed by atoms with van der Waals surface area (Å²) in [7, 11) is 0. The Bertz CT molecular complexity index is 966. The zero-order valence-corrected chi connectivity index (χ0v) is 15.5. The molecule has 1 aliphatic heterocycles. The van der Waals surface area contributed by atoms with Crippen molar-refractivity contribution in [2.24, 2.45) is 0 Å².